The lowest BCUT2D eigenvalue weighted by molar-refractivity contribution is 0.505. The molecule has 0 saturated carbocycles. The standard InChI is InChI=1S/C47H41N/c1-32-17-25-44-40(27-32)28-34(31-47(44,3)4)19-18-33(2)37-11-10-12-38(29-37)35-20-22-36(23-21-35)39-24-26-46-43(30-39)42-15-8-9-16-45(42)48(46)41-13-6-5-7-14-41/h5-17,20-30H,2,18-19,31H2,1,3-4H3. The molecule has 0 unspecified atom stereocenters. The molecule has 0 fully saturated rings. The van der Waals surface area contributed by atoms with Crippen LogP contribution in [0.25, 0.3) is 61.4 Å². The lowest BCUT2D eigenvalue weighted by Crippen LogP contribution is -2.22. The number of aryl methyl sites for hydroxylation is 1. The zero-order chi connectivity index (χ0) is 32.8. The minimum atomic E-state index is 0.160. The zero-order valence-corrected chi connectivity index (χ0v) is 28.1. The molecule has 8 rings (SSSR count). The number of benzene rings is 6. The van der Waals surface area contributed by atoms with Gasteiger partial charge in [-0.1, -0.05) is 141 Å². The third-order valence-electron chi connectivity index (χ3n) is 10.2. The second-order valence-electron chi connectivity index (χ2n) is 14.1. The van der Waals surface area contributed by atoms with Gasteiger partial charge in [-0.3, -0.25) is 0 Å². The first kappa shape index (κ1) is 30.0. The minimum absolute atomic E-state index is 0.160. The summed E-state index contributed by atoms with van der Waals surface area (Å²) in [5.74, 6) is 0. The highest BCUT2D eigenvalue weighted by atomic mass is 15.0. The van der Waals surface area contributed by atoms with Crippen LogP contribution in [-0.2, 0) is 5.41 Å². The van der Waals surface area contributed by atoms with Gasteiger partial charge >= 0.3 is 0 Å². The fourth-order valence-corrected chi connectivity index (χ4v) is 7.75. The highest BCUT2D eigenvalue weighted by molar-refractivity contribution is 6.10. The van der Waals surface area contributed by atoms with Crippen molar-refractivity contribution in [1.82, 2.24) is 4.57 Å². The van der Waals surface area contributed by atoms with E-state index in [-0.39, 0.29) is 5.41 Å². The second kappa shape index (κ2) is 12.0. The molecule has 0 amide bonds. The molecule has 0 radical (unpaired) electrons. The first-order chi connectivity index (χ1) is 23.3. The largest absolute Gasteiger partial charge is 0.309 e. The van der Waals surface area contributed by atoms with Crippen LogP contribution in [0, 0.1) is 6.92 Å². The maximum absolute atomic E-state index is 4.53. The van der Waals surface area contributed by atoms with Crippen molar-refractivity contribution in [2.75, 3.05) is 0 Å². The van der Waals surface area contributed by atoms with E-state index < -0.39 is 0 Å². The molecule has 1 aromatic heterocycles. The molecule has 0 atom stereocenters. The van der Waals surface area contributed by atoms with Crippen LogP contribution in [0.15, 0.2) is 152 Å². The molecule has 0 bridgehead atoms. The van der Waals surface area contributed by atoms with Gasteiger partial charge in [-0.25, -0.2) is 0 Å². The quantitative estimate of drug-likeness (QED) is 0.167. The van der Waals surface area contributed by atoms with Crippen molar-refractivity contribution in [3.63, 3.8) is 0 Å². The molecule has 0 saturated heterocycles. The van der Waals surface area contributed by atoms with E-state index in [0.717, 1.165) is 19.3 Å². The highest BCUT2D eigenvalue weighted by Crippen LogP contribution is 2.41. The number of fused-ring (bicyclic) bond motifs is 4. The molecule has 1 nitrogen and oxygen atoms in total. The molecular formula is C47H41N. The number of allylic oxidation sites excluding steroid dienone is 2. The van der Waals surface area contributed by atoms with Gasteiger partial charge in [-0.15, -0.1) is 0 Å². The number of para-hydroxylation sites is 2. The third kappa shape index (κ3) is 5.50. The van der Waals surface area contributed by atoms with Gasteiger partial charge in [-0.05, 0) is 113 Å². The van der Waals surface area contributed by atoms with E-state index >= 15 is 0 Å². The first-order valence-corrected chi connectivity index (χ1v) is 17.1. The number of hydrogen-bond donors (Lipinski definition) is 0. The molecule has 1 aliphatic carbocycles. The Balaban J connectivity index is 1.02. The van der Waals surface area contributed by atoms with Gasteiger partial charge in [0.15, 0.2) is 0 Å². The van der Waals surface area contributed by atoms with Gasteiger partial charge in [0.25, 0.3) is 0 Å². The molecule has 0 spiro atoms. The Kier molecular flexibility index (Phi) is 7.49. The molecule has 1 heteroatoms. The summed E-state index contributed by atoms with van der Waals surface area (Å²) in [6, 6.07) is 51.0. The van der Waals surface area contributed by atoms with E-state index in [0.29, 0.717) is 0 Å². The highest BCUT2D eigenvalue weighted by Gasteiger charge is 2.28. The van der Waals surface area contributed by atoms with Crippen LogP contribution in [0.2, 0.25) is 0 Å². The van der Waals surface area contributed by atoms with Crippen LogP contribution >= 0.6 is 0 Å². The van der Waals surface area contributed by atoms with Crippen molar-refractivity contribution in [2.24, 2.45) is 0 Å². The monoisotopic (exact) mass is 619 g/mol. The molecule has 0 N–H and O–H groups in total. The van der Waals surface area contributed by atoms with Crippen LogP contribution in [0.3, 0.4) is 0 Å². The Labute approximate surface area is 284 Å². The summed E-state index contributed by atoms with van der Waals surface area (Å²) in [6.45, 7) is 11.5. The molecule has 48 heavy (non-hydrogen) atoms. The van der Waals surface area contributed by atoms with Gasteiger partial charge in [0.1, 0.15) is 0 Å². The van der Waals surface area contributed by atoms with Crippen molar-refractivity contribution in [3.05, 3.63) is 174 Å². The van der Waals surface area contributed by atoms with E-state index in [1.54, 1.807) is 0 Å². The Morgan fingerprint density at radius 2 is 1.33 bits per heavy atom. The number of aromatic nitrogens is 1. The van der Waals surface area contributed by atoms with Gasteiger partial charge in [-0.2, -0.15) is 0 Å². The Bertz CT molecular complexity index is 2350. The average Bonchev–Trinajstić information content (AvgIpc) is 3.44. The summed E-state index contributed by atoms with van der Waals surface area (Å²) < 4.78 is 2.37. The maximum Gasteiger partial charge on any atom is 0.0541 e. The SMILES string of the molecule is C=C(CCC1=Cc2cc(C)ccc2C(C)(C)C1)c1cccc(-c2ccc(-c3ccc4c(c3)c3ccccc3n4-c3ccccc3)cc2)c1. The summed E-state index contributed by atoms with van der Waals surface area (Å²) in [4.78, 5) is 0. The summed E-state index contributed by atoms with van der Waals surface area (Å²) in [7, 11) is 0. The average molecular weight is 620 g/mol. The Morgan fingerprint density at radius 3 is 2.12 bits per heavy atom. The van der Waals surface area contributed by atoms with Crippen molar-refractivity contribution >= 4 is 33.5 Å². The molecule has 6 aromatic carbocycles. The first-order valence-electron chi connectivity index (χ1n) is 17.1. The second-order valence-corrected chi connectivity index (χ2v) is 14.1. The summed E-state index contributed by atoms with van der Waals surface area (Å²) in [5, 5.41) is 2.55. The lowest BCUT2D eigenvalue weighted by Gasteiger charge is -2.33. The van der Waals surface area contributed by atoms with Crippen molar-refractivity contribution in [3.8, 4) is 27.9 Å². The van der Waals surface area contributed by atoms with Gasteiger partial charge < -0.3 is 4.57 Å². The van der Waals surface area contributed by atoms with Crippen LogP contribution in [0.5, 0.6) is 0 Å². The van der Waals surface area contributed by atoms with Crippen LogP contribution < -0.4 is 0 Å². The summed E-state index contributed by atoms with van der Waals surface area (Å²) >= 11 is 0. The van der Waals surface area contributed by atoms with E-state index in [1.165, 1.54) is 83.1 Å². The fourth-order valence-electron chi connectivity index (χ4n) is 7.75. The number of rotatable bonds is 7. The zero-order valence-electron chi connectivity index (χ0n) is 28.1. The van der Waals surface area contributed by atoms with E-state index in [2.05, 4.69) is 178 Å². The number of nitrogens with zero attached hydrogens (tertiary/aromatic N) is 1. The topological polar surface area (TPSA) is 4.93 Å². The van der Waals surface area contributed by atoms with Crippen LogP contribution in [-0.4, -0.2) is 4.57 Å². The van der Waals surface area contributed by atoms with Crippen molar-refractivity contribution in [1.29, 1.82) is 0 Å². The Morgan fingerprint density at radius 1 is 0.646 bits per heavy atom. The predicted octanol–water partition coefficient (Wildman–Crippen LogP) is 13.0. The summed E-state index contributed by atoms with van der Waals surface area (Å²) in [5.41, 5.74) is 16.8. The van der Waals surface area contributed by atoms with Gasteiger partial charge in [0.05, 0.1) is 11.0 Å². The molecule has 7 aromatic rings. The Hall–Kier alpha value is -5.40. The molecular weight excluding hydrogens is 579 g/mol. The molecule has 1 aliphatic rings. The van der Waals surface area contributed by atoms with E-state index in [9.17, 15) is 0 Å². The minimum Gasteiger partial charge on any atom is -0.309 e. The number of hydrogen-bond acceptors (Lipinski definition) is 0. The molecule has 0 aliphatic heterocycles. The van der Waals surface area contributed by atoms with Crippen LogP contribution in [0.4, 0.5) is 0 Å². The molecule has 1 heterocycles. The predicted molar refractivity (Wildman–Crippen MR) is 207 cm³/mol. The van der Waals surface area contributed by atoms with Gasteiger partial charge in [0, 0.05) is 16.5 Å². The molecule has 234 valence electrons. The maximum atomic E-state index is 4.53. The van der Waals surface area contributed by atoms with E-state index in [1.807, 2.05) is 0 Å². The smallest absolute Gasteiger partial charge is 0.0541 e. The van der Waals surface area contributed by atoms with E-state index in [4.69, 9.17) is 0 Å². The lowest BCUT2D eigenvalue weighted by atomic mass is 9.72. The normalized spacial score (nSPS) is 13.8. The summed E-state index contributed by atoms with van der Waals surface area (Å²) in [6.07, 6.45) is 5.54. The van der Waals surface area contributed by atoms with Crippen LogP contribution in [0.1, 0.15) is 55.4 Å². The van der Waals surface area contributed by atoms with Gasteiger partial charge in [0.2, 0.25) is 0 Å². The van der Waals surface area contributed by atoms with Crippen molar-refractivity contribution in [2.45, 2.75) is 45.4 Å². The van der Waals surface area contributed by atoms with Crippen molar-refractivity contribution < 1.29 is 0 Å². The fraction of sp³-hybridized carbons (Fsp3) is 0.149. The third-order valence-corrected chi connectivity index (χ3v) is 10.2.